The van der Waals surface area contributed by atoms with Crippen LogP contribution >= 0.6 is 0 Å². The number of allylic oxidation sites excluding steroid dienone is 1. The Labute approximate surface area is 171 Å². The molecule has 2 aliphatic rings. The lowest BCUT2D eigenvalue weighted by Gasteiger charge is -2.29. The van der Waals surface area contributed by atoms with Gasteiger partial charge in [-0.25, -0.2) is 13.2 Å². The van der Waals surface area contributed by atoms with Gasteiger partial charge >= 0.3 is 0 Å². The van der Waals surface area contributed by atoms with E-state index in [0.29, 0.717) is 29.5 Å². The maximum absolute atomic E-state index is 15.0. The van der Waals surface area contributed by atoms with Gasteiger partial charge in [-0.15, -0.1) is 0 Å². The summed E-state index contributed by atoms with van der Waals surface area (Å²) in [6, 6.07) is 8.45. The molecule has 0 atom stereocenters. The van der Waals surface area contributed by atoms with Gasteiger partial charge in [0.2, 0.25) is 0 Å². The normalized spacial score (nSPS) is 21.6. The van der Waals surface area contributed by atoms with E-state index in [1.165, 1.54) is 25.3 Å². The second-order valence-electron chi connectivity index (χ2n) is 8.67. The molecule has 29 heavy (non-hydrogen) atoms. The number of unbranched alkanes of at least 4 members (excludes halogenated alkanes) is 1. The molecule has 2 aromatic carbocycles. The predicted octanol–water partition coefficient (Wildman–Crippen LogP) is 8.05. The standard InChI is InChI=1S/C26H29F3/c1-2-3-5-17-8-10-18(11-9-17)22-14-15-23(26(29)25(22)28)20-12-13-21-19(16-20)6-4-7-24(21)27/h4,6-7,14-18H,2-3,5,8-13H2,1H3. The van der Waals surface area contributed by atoms with Crippen molar-refractivity contribution in [2.24, 2.45) is 5.92 Å². The molecule has 0 spiro atoms. The predicted molar refractivity (Wildman–Crippen MR) is 113 cm³/mol. The molecule has 0 aromatic heterocycles. The van der Waals surface area contributed by atoms with Crippen LogP contribution in [-0.4, -0.2) is 0 Å². The van der Waals surface area contributed by atoms with Gasteiger partial charge in [-0.2, -0.15) is 0 Å². The van der Waals surface area contributed by atoms with E-state index in [-0.39, 0.29) is 11.7 Å². The van der Waals surface area contributed by atoms with Crippen molar-refractivity contribution in [2.75, 3.05) is 0 Å². The summed E-state index contributed by atoms with van der Waals surface area (Å²) in [5.41, 5.74) is 3.02. The van der Waals surface area contributed by atoms with Crippen LogP contribution in [0, 0.1) is 23.4 Å². The topological polar surface area (TPSA) is 0 Å². The second-order valence-corrected chi connectivity index (χ2v) is 8.67. The van der Waals surface area contributed by atoms with Crippen LogP contribution in [0.4, 0.5) is 13.2 Å². The molecule has 0 radical (unpaired) electrons. The SMILES string of the molecule is CCCCC1CCC(c2ccc(C3=Cc4cccc(F)c4CC3)c(F)c2F)CC1. The Morgan fingerprint density at radius 2 is 1.69 bits per heavy atom. The summed E-state index contributed by atoms with van der Waals surface area (Å²) in [5.74, 6) is -0.806. The average molecular weight is 399 g/mol. The lowest BCUT2D eigenvalue weighted by Crippen LogP contribution is -2.15. The van der Waals surface area contributed by atoms with E-state index in [9.17, 15) is 8.78 Å². The van der Waals surface area contributed by atoms with Crippen LogP contribution in [0.5, 0.6) is 0 Å². The molecule has 0 saturated heterocycles. The molecular formula is C26H29F3. The first-order valence-corrected chi connectivity index (χ1v) is 11.0. The minimum Gasteiger partial charge on any atom is -0.207 e. The van der Waals surface area contributed by atoms with E-state index in [0.717, 1.165) is 42.7 Å². The van der Waals surface area contributed by atoms with E-state index >= 15 is 4.39 Å². The highest BCUT2D eigenvalue weighted by Crippen LogP contribution is 2.40. The molecule has 0 amide bonds. The van der Waals surface area contributed by atoms with Crippen LogP contribution < -0.4 is 0 Å². The molecule has 2 aliphatic carbocycles. The van der Waals surface area contributed by atoms with Crippen molar-refractivity contribution in [3.05, 3.63) is 70.0 Å². The summed E-state index contributed by atoms with van der Waals surface area (Å²) in [5, 5.41) is 0. The Bertz CT molecular complexity index is 904. The molecule has 0 nitrogen and oxygen atoms in total. The highest BCUT2D eigenvalue weighted by atomic mass is 19.2. The largest absolute Gasteiger partial charge is 0.207 e. The van der Waals surface area contributed by atoms with Crippen LogP contribution in [0.2, 0.25) is 0 Å². The van der Waals surface area contributed by atoms with Crippen molar-refractivity contribution in [3.63, 3.8) is 0 Å². The van der Waals surface area contributed by atoms with Crippen molar-refractivity contribution in [2.45, 2.75) is 70.6 Å². The molecule has 0 N–H and O–H groups in total. The Morgan fingerprint density at radius 1 is 0.897 bits per heavy atom. The Hall–Kier alpha value is -2.03. The average Bonchev–Trinajstić information content (AvgIpc) is 2.74. The number of halogens is 3. The van der Waals surface area contributed by atoms with Crippen molar-refractivity contribution >= 4 is 11.6 Å². The highest BCUT2D eigenvalue weighted by molar-refractivity contribution is 5.84. The van der Waals surface area contributed by atoms with Crippen LogP contribution in [0.3, 0.4) is 0 Å². The number of fused-ring (bicyclic) bond motifs is 1. The lowest BCUT2D eigenvalue weighted by molar-refractivity contribution is 0.299. The maximum Gasteiger partial charge on any atom is 0.166 e. The molecule has 2 aromatic rings. The van der Waals surface area contributed by atoms with Gasteiger partial charge in [-0.3, -0.25) is 0 Å². The molecule has 1 fully saturated rings. The monoisotopic (exact) mass is 398 g/mol. The van der Waals surface area contributed by atoms with Gasteiger partial charge in [0.25, 0.3) is 0 Å². The number of hydrogen-bond acceptors (Lipinski definition) is 0. The fourth-order valence-corrected chi connectivity index (χ4v) is 5.09. The molecule has 0 aliphatic heterocycles. The molecule has 0 bridgehead atoms. The van der Waals surface area contributed by atoms with Crippen LogP contribution in [0.25, 0.3) is 11.6 Å². The van der Waals surface area contributed by atoms with E-state index in [4.69, 9.17) is 0 Å². The quantitative estimate of drug-likeness (QED) is 0.478. The van der Waals surface area contributed by atoms with Gasteiger partial charge in [-0.1, -0.05) is 56.5 Å². The summed E-state index contributed by atoms with van der Waals surface area (Å²) in [7, 11) is 0. The van der Waals surface area contributed by atoms with Gasteiger partial charge in [0, 0.05) is 5.56 Å². The molecular weight excluding hydrogens is 369 g/mol. The summed E-state index contributed by atoms with van der Waals surface area (Å²) >= 11 is 0. The fourth-order valence-electron chi connectivity index (χ4n) is 5.09. The van der Waals surface area contributed by atoms with Gasteiger partial charge in [0.15, 0.2) is 11.6 Å². The van der Waals surface area contributed by atoms with Gasteiger partial charge < -0.3 is 0 Å². The molecule has 1 saturated carbocycles. The summed E-state index contributed by atoms with van der Waals surface area (Å²) < 4.78 is 43.9. The maximum atomic E-state index is 15.0. The first-order valence-electron chi connectivity index (χ1n) is 11.0. The molecule has 4 rings (SSSR count). The third kappa shape index (κ3) is 4.15. The minimum absolute atomic E-state index is 0.117. The van der Waals surface area contributed by atoms with E-state index in [2.05, 4.69) is 6.92 Å². The summed E-state index contributed by atoms with van der Waals surface area (Å²) in [4.78, 5) is 0. The molecule has 154 valence electrons. The smallest absolute Gasteiger partial charge is 0.166 e. The van der Waals surface area contributed by atoms with Crippen LogP contribution in [0.1, 0.15) is 86.5 Å². The third-order valence-corrected chi connectivity index (χ3v) is 6.84. The number of hydrogen-bond donors (Lipinski definition) is 0. The third-order valence-electron chi connectivity index (χ3n) is 6.84. The van der Waals surface area contributed by atoms with Crippen LogP contribution in [-0.2, 0) is 6.42 Å². The molecule has 0 unspecified atom stereocenters. The van der Waals surface area contributed by atoms with Crippen molar-refractivity contribution in [1.29, 1.82) is 0 Å². The number of rotatable bonds is 5. The van der Waals surface area contributed by atoms with Gasteiger partial charge in [0.1, 0.15) is 5.82 Å². The first-order chi connectivity index (χ1) is 14.1. The number of benzene rings is 2. The zero-order chi connectivity index (χ0) is 20.4. The van der Waals surface area contributed by atoms with Gasteiger partial charge in [-0.05, 0) is 78.7 Å². The highest BCUT2D eigenvalue weighted by Gasteiger charge is 2.27. The zero-order valence-corrected chi connectivity index (χ0v) is 17.1. The molecule has 3 heteroatoms. The Morgan fingerprint density at radius 3 is 2.45 bits per heavy atom. The van der Waals surface area contributed by atoms with Gasteiger partial charge in [0.05, 0.1) is 0 Å². The van der Waals surface area contributed by atoms with Crippen LogP contribution in [0.15, 0.2) is 30.3 Å². The minimum atomic E-state index is -0.748. The van der Waals surface area contributed by atoms with Crippen molar-refractivity contribution < 1.29 is 13.2 Å². The lowest BCUT2D eigenvalue weighted by atomic mass is 9.76. The van der Waals surface area contributed by atoms with E-state index < -0.39 is 11.6 Å². The van der Waals surface area contributed by atoms with Crippen molar-refractivity contribution in [3.8, 4) is 0 Å². The Kier molecular flexibility index (Phi) is 6.12. The van der Waals surface area contributed by atoms with E-state index in [1.54, 1.807) is 24.3 Å². The summed E-state index contributed by atoms with van der Waals surface area (Å²) in [6.07, 6.45) is 10.7. The first kappa shape index (κ1) is 20.3. The fraction of sp³-hybridized carbons (Fsp3) is 0.462. The molecule has 0 heterocycles. The van der Waals surface area contributed by atoms with E-state index in [1.807, 2.05) is 6.07 Å². The second kappa shape index (κ2) is 8.77. The van der Waals surface area contributed by atoms with Crippen molar-refractivity contribution in [1.82, 2.24) is 0 Å². The zero-order valence-electron chi connectivity index (χ0n) is 17.1. The summed E-state index contributed by atoms with van der Waals surface area (Å²) in [6.45, 7) is 2.21. The Balaban J connectivity index is 1.54.